The lowest BCUT2D eigenvalue weighted by atomic mass is 9.84. The third kappa shape index (κ3) is 8.10. The molecule has 1 aromatic rings. The van der Waals surface area contributed by atoms with Crippen LogP contribution in [0.2, 0.25) is 0 Å². The van der Waals surface area contributed by atoms with Gasteiger partial charge in [0.2, 0.25) is 0 Å². The maximum atomic E-state index is 9.29. The fraction of sp³-hybridized carbons (Fsp3) is 0.632. The molecule has 27 heavy (non-hydrogen) atoms. The first-order chi connectivity index (χ1) is 12.7. The van der Waals surface area contributed by atoms with Crippen LogP contribution < -0.4 is 20.1 Å². The molecule has 0 radical (unpaired) electrons. The molecular formula is C19H32IN3O4. The Hall–Kier alpha value is -1.26. The van der Waals surface area contributed by atoms with Crippen LogP contribution in [0.5, 0.6) is 11.5 Å². The Kier molecular flexibility index (Phi) is 11.5. The number of aliphatic hydroxyl groups excluding tert-OH is 1. The van der Waals surface area contributed by atoms with Crippen molar-refractivity contribution in [3.8, 4) is 11.5 Å². The zero-order chi connectivity index (χ0) is 18.7. The van der Waals surface area contributed by atoms with Gasteiger partial charge in [0.1, 0.15) is 11.5 Å². The molecule has 0 spiro atoms. The van der Waals surface area contributed by atoms with Crippen molar-refractivity contribution in [2.45, 2.75) is 19.3 Å². The monoisotopic (exact) mass is 493 g/mol. The van der Waals surface area contributed by atoms with Gasteiger partial charge in [-0.25, -0.2) is 0 Å². The Bertz CT molecular complexity index is 566. The van der Waals surface area contributed by atoms with Crippen LogP contribution in [0.15, 0.2) is 29.3 Å². The molecule has 1 aliphatic heterocycles. The van der Waals surface area contributed by atoms with Crippen molar-refractivity contribution in [3.63, 3.8) is 0 Å². The zero-order valence-corrected chi connectivity index (χ0v) is 18.5. The zero-order valence-electron chi connectivity index (χ0n) is 16.2. The summed E-state index contributed by atoms with van der Waals surface area (Å²) < 4.78 is 16.4. The molecule has 1 aliphatic rings. The van der Waals surface area contributed by atoms with E-state index in [-0.39, 0.29) is 36.0 Å². The molecule has 1 saturated heterocycles. The van der Waals surface area contributed by atoms with Crippen LogP contribution in [-0.4, -0.2) is 64.7 Å². The van der Waals surface area contributed by atoms with Gasteiger partial charge >= 0.3 is 0 Å². The number of nitrogens with one attached hydrogen (secondary N) is 2. The van der Waals surface area contributed by atoms with Crippen LogP contribution in [0, 0.1) is 5.41 Å². The van der Waals surface area contributed by atoms with Gasteiger partial charge < -0.3 is 30.0 Å². The predicted octanol–water partition coefficient (Wildman–Crippen LogP) is 2.04. The van der Waals surface area contributed by atoms with Crippen LogP contribution >= 0.6 is 24.0 Å². The van der Waals surface area contributed by atoms with Crippen LogP contribution in [0.3, 0.4) is 0 Å². The molecule has 0 aromatic heterocycles. The predicted molar refractivity (Wildman–Crippen MR) is 117 cm³/mol. The molecule has 7 nitrogen and oxygen atoms in total. The number of hydrogen-bond donors (Lipinski definition) is 3. The second-order valence-electron chi connectivity index (χ2n) is 6.51. The van der Waals surface area contributed by atoms with E-state index in [1.54, 1.807) is 14.2 Å². The van der Waals surface area contributed by atoms with E-state index in [0.717, 1.165) is 56.4 Å². The second-order valence-corrected chi connectivity index (χ2v) is 6.51. The molecule has 1 fully saturated rings. The number of ether oxygens (including phenoxy) is 3. The number of guanidine groups is 1. The number of benzene rings is 1. The molecule has 2 rings (SSSR count). The van der Waals surface area contributed by atoms with Gasteiger partial charge in [-0.2, -0.15) is 0 Å². The van der Waals surface area contributed by atoms with Gasteiger partial charge in [-0.1, -0.05) is 6.07 Å². The van der Waals surface area contributed by atoms with Gasteiger partial charge in [0, 0.05) is 44.8 Å². The number of hydrogen-bond acceptors (Lipinski definition) is 5. The minimum atomic E-state index is 0. The molecule has 0 aliphatic carbocycles. The third-order valence-electron chi connectivity index (χ3n) is 4.61. The average molecular weight is 493 g/mol. The lowest BCUT2D eigenvalue weighted by Crippen LogP contribution is -2.44. The second kappa shape index (κ2) is 13.0. The van der Waals surface area contributed by atoms with Gasteiger partial charge in [0.15, 0.2) is 5.96 Å². The van der Waals surface area contributed by atoms with Gasteiger partial charge in [-0.3, -0.25) is 4.99 Å². The SMILES string of the molecule is CN=C(NCCCOc1cccc(OC)c1)NCC1(CCO)CCOC1.I. The lowest BCUT2D eigenvalue weighted by molar-refractivity contribution is 0.127. The van der Waals surface area contributed by atoms with Crippen LogP contribution in [0.4, 0.5) is 0 Å². The first-order valence-electron chi connectivity index (χ1n) is 9.11. The molecule has 1 unspecified atom stereocenters. The van der Waals surface area contributed by atoms with E-state index in [9.17, 15) is 5.11 Å². The van der Waals surface area contributed by atoms with Crippen molar-refractivity contribution in [3.05, 3.63) is 24.3 Å². The van der Waals surface area contributed by atoms with Crippen molar-refractivity contribution >= 4 is 29.9 Å². The molecule has 1 aromatic carbocycles. The number of methoxy groups -OCH3 is 1. The third-order valence-corrected chi connectivity index (χ3v) is 4.61. The van der Waals surface area contributed by atoms with Crippen molar-refractivity contribution in [2.24, 2.45) is 10.4 Å². The van der Waals surface area contributed by atoms with E-state index < -0.39 is 0 Å². The molecule has 0 saturated carbocycles. The molecule has 0 amide bonds. The summed E-state index contributed by atoms with van der Waals surface area (Å²) in [6, 6.07) is 7.59. The lowest BCUT2D eigenvalue weighted by Gasteiger charge is -2.27. The fourth-order valence-corrected chi connectivity index (χ4v) is 2.96. The fourth-order valence-electron chi connectivity index (χ4n) is 2.96. The minimum absolute atomic E-state index is 0. The smallest absolute Gasteiger partial charge is 0.191 e. The van der Waals surface area contributed by atoms with Crippen LogP contribution in [0.1, 0.15) is 19.3 Å². The number of aliphatic imine (C=N–C) groups is 1. The first-order valence-corrected chi connectivity index (χ1v) is 9.11. The number of nitrogens with zero attached hydrogens (tertiary/aromatic N) is 1. The Morgan fingerprint density at radius 1 is 1.33 bits per heavy atom. The van der Waals surface area contributed by atoms with Gasteiger partial charge in [-0.05, 0) is 31.4 Å². The normalized spacial score (nSPS) is 19.3. The van der Waals surface area contributed by atoms with E-state index in [2.05, 4.69) is 15.6 Å². The largest absolute Gasteiger partial charge is 0.497 e. The summed E-state index contributed by atoms with van der Waals surface area (Å²) in [5.41, 5.74) is 0.00183. The number of halogens is 1. The highest BCUT2D eigenvalue weighted by Crippen LogP contribution is 2.31. The molecule has 0 bridgehead atoms. The molecule has 8 heteroatoms. The van der Waals surface area contributed by atoms with Crippen molar-refractivity contribution in [1.82, 2.24) is 10.6 Å². The molecule has 1 atom stereocenters. The van der Waals surface area contributed by atoms with Gasteiger partial charge in [0.05, 0.1) is 20.3 Å². The molecule has 1 heterocycles. The molecule has 154 valence electrons. The summed E-state index contributed by atoms with van der Waals surface area (Å²) in [6.45, 7) is 3.74. The van der Waals surface area contributed by atoms with E-state index in [0.29, 0.717) is 13.2 Å². The average Bonchev–Trinajstić information content (AvgIpc) is 3.13. The summed E-state index contributed by atoms with van der Waals surface area (Å²) in [5.74, 6) is 2.35. The van der Waals surface area contributed by atoms with E-state index in [4.69, 9.17) is 14.2 Å². The summed E-state index contributed by atoms with van der Waals surface area (Å²) >= 11 is 0. The Labute approximate surface area is 178 Å². The Morgan fingerprint density at radius 2 is 2.15 bits per heavy atom. The van der Waals surface area contributed by atoms with E-state index >= 15 is 0 Å². The van der Waals surface area contributed by atoms with E-state index in [1.807, 2.05) is 24.3 Å². The van der Waals surface area contributed by atoms with Crippen molar-refractivity contribution in [1.29, 1.82) is 0 Å². The topological polar surface area (TPSA) is 84.3 Å². The van der Waals surface area contributed by atoms with Crippen molar-refractivity contribution < 1.29 is 19.3 Å². The Balaban J connectivity index is 0.00000364. The summed E-state index contributed by atoms with van der Waals surface area (Å²) in [5, 5.41) is 15.9. The standard InChI is InChI=1S/C19H31N3O4.HI/c1-20-18(22-14-19(7-10-23)8-12-25-15-19)21-9-4-11-26-17-6-3-5-16(13-17)24-2;/h3,5-6,13,23H,4,7-12,14-15H2,1-2H3,(H2,20,21,22);1H. The number of rotatable bonds is 10. The van der Waals surface area contributed by atoms with Gasteiger partial charge in [0.25, 0.3) is 0 Å². The summed E-state index contributed by atoms with van der Waals surface area (Å²) in [6.07, 6.45) is 2.56. The number of aliphatic hydroxyl groups is 1. The minimum Gasteiger partial charge on any atom is -0.497 e. The quantitative estimate of drug-likeness (QED) is 0.200. The van der Waals surface area contributed by atoms with Crippen LogP contribution in [0.25, 0.3) is 0 Å². The molecule has 3 N–H and O–H groups in total. The summed E-state index contributed by atoms with van der Waals surface area (Å²) in [4.78, 5) is 4.25. The first kappa shape index (κ1) is 23.8. The van der Waals surface area contributed by atoms with Gasteiger partial charge in [-0.15, -0.1) is 24.0 Å². The van der Waals surface area contributed by atoms with Crippen molar-refractivity contribution in [2.75, 3.05) is 53.7 Å². The van der Waals surface area contributed by atoms with Crippen LogP contribution in [-0.2, 0) is 4.74 Å². The maximum absolute atomic E-state index is 9.29. The maximum Gasteiger partial charge on any atom is 0.191 e. The highest BCUT2D eigenvalue weighted by molar-refractivity contribution is 14.0. The molecular weight excluding hydrogens is 461 g/mol. The highest BCUT2D eigenvalue weighted by atomic mass is 127. The summed E-state index contributed by atoms with van der Waals surface area (Å²) in [7, 11) is 3.40. The van der Waals surface area contributed by atoms with E-state index in [1.165, 1.54) is 0 Å². The highest BCUT2D eigenvalue weighted by Gasteiger charge is 2.34. The Morgan fingerprint density at radius 3 is 2.81 bits per heavy atom.